The van der Waals surface area contributed by atoms with Crippen molar-refractivity contribution in [2.75, 3.05) is 0 Å². The summed E-state index contributed by atoms with van der Waals surface area (Å²) in [6.45, 7) is 0. The van der Waals surface area contributed by atoms with E-state index in [-0.39, 0.29) is 0 Å². The third-order valence-corrected chi connectivity index (χ3v) is 3.66. The Morgan fingerprint density at radius 2 is 2.23 bits per heavy atom. The van der Waals surface area contributed by atoms with E-state index in [1.807, 2.05) is 18.1 Å². The summed E-state index contributed by atoms with van der Waals surface area (Å²) in [5.74, 6) is 1.94. The second-order valence-electron chi connectivity index (χ2n) is 2.86. The number of thioether (sulfide) groups is 1. The molecule has 0 fully saturated rings. The zero-order valence-corrected chi connectivity index (χ0v) is 8.41. The molecule has 1 aliphatic rings. The first kappa shape index (κ1) is 8.89. The molecule has 0 radical (unpaired) electrons. The van der Waals surface area contributed by atoms with Crippen LogP contribution in [0.5, 0.6) is 0 Å². The number of aryl methyl sites for hydroxylation is 1. The van der Waals surface area contributed by atoms with Gasteiger partial charge in [-0.3, -0.25) is 0 Å². The molecule has 1 aromatic carbocycles. The van der Waals surface area contributed by atoms with Gasteiger partial charge in [-0.05, 0) is 24.5 Å². The van der Waals surface area contributed by atoms with Crippen molar-refractivity contribution >= 4 is 29.3 Å². The fourth-order valence-electron chi connectivity index (χ4n) is 1.36. The van der Waals surface area contributed by atoms with Crippen LogP contribution >= 0.6 is 23.4 Å². The summed E-state index contributed by atoms with van der Waals surface area (Å²) in [6.07, 6.45) is 1.69. The van der Waals surface area contributed by atoms with Gasteiger partial charge in [-0.2, -0.15) is 0 Å². The van der Waals surface area contributed by atoms with Gasteiger partial charge in [0.05, 0.1) is 9.93 Å². The standard InChI is InChI=1S/C10H7ClOS/c11-9-3-1-2-7-4-5-8(6-12)13-10(7)9/h1-3H,4-5H2. The van der Waals surface area contributed by atoms with Gasteiger partial charge < -0.3 is 0 Å². The molecule has 1 aromatic rings. The van der Waals surface area contributed by atoms with E-state index >= 15 is 0 Å². The van der Waals surface area contributed by atoms with Crippen molar-refractivity contribution in [2.24, 2.45) is 0 Å². The van der Waals surface area contributed by atoms with Crippen LogP contribution in [0.3, 0.4) is 0 Å². The van der Waals surface area contributed by atoms with E-state index in [1.54, 1.807) is 0 Å². The van der Waals surface area contributed by atoms with Gasteiger partial charge >= 0.3 is 0 Å². The molecule has 1 heterocycles. The van der Waals surface area contributed by atoms with Gasteiger partial charge in [-0.25, -0.2) is 4.79 Å². The van der Waals surface area contributed by atoms with Crippen LogP contribution in [0, 0.1) is 0 Å². The van der Waals surface area contributed by atoms with E-state index < -0.39 is 0 Å². The number of allylic oxidation sites excluding steroid dienone is 1. The van der Waals surface area contributed by atoms with E-state index in [0.29, 0.717) is 0 Å². The predicted octanol–water partition coefficient (Wildman–Crippen LogP) is 3.09. The highest BCUT2D eigenvalue weighted by molar-refractivity contribution is 8.03. The Balaban J connectivity index is 2.49. The minimum atomic E-state index is 0.731. The normalized spacial score (nSPS) is 15.0. The van der Waals surface area contributed by atoms with Crippen molar-refractivity contribution in [1.29, 1.82) is 0 Å². The molecule has 66 valence electrons. The first-order valence-corrected chi connectivity index (χ1v) is 5.20. The molecule has 1 nitrogen and oxygen atoms in total. The molecule has 0 aromatic heterocycles. The van der Waals surface area contributed by atoms with Crippen LogP contribution in [-0.2, 0) is 11.2 Å². The SMILES string of the molecule is O=C=C1CCc2cccc(Cl)c2S1. The molecule has 0 spiro atoms. The van der Waals surface area contributed by atoms with Gasteiger partial charge in [0.25, 0.3) is 0 Å². The van der Waals surface area contributed by atoms with Crippen molar-refractivity contribution in [3.05, 3.63) is 33.7 Å². The summed E-state index contributed by atoms with van der Waals surface area (Å²) >= 11 is 7.45. The maximum Gasteiger partial charge on any atom is 0.135 e. The topological polar surface area (TPSA) is 17.1 Å². The molecule has 2 rings (SSSR count). The Hall–Kier alpha value is -0.690. The number of hydrogen-bond donors (Lipinski definition) is 0. The number of carbonyl (C=O) groups excluding carboxylic acids is 1. The van der Waals surface area contributed by atoms with Gasteiger partial charge in [-0.1, -0.05) is 35.5 Å². The largest absolute Gasteiger partial charge is 0.233 e. The van der Waals surface area contributed by atoms with Gasteiger partial charge in [-0.15, -0.1) is 0 Å². The highest BCUT2D eigenvalue weighted by atomic mass is 35.5. The lowest BCUT2D eigenvalue weighted by Gasteiger charge is -2.16. The molecule has 0 aliphatic carbocycles. The zero-order valence-electron chi connectivity index (χ0n) is 6.84. The second-order valence-corrected chi connectivity index (χ2v) is 4.37. The van der Waals surface area contributed by atoms with Crippen LogP contribution in [0.2, 0.25) is 5.02 Å². The van der Waals surface area contributed by atoms with Crippen LogP contribution in [0.4, 0.5) is 0 Å². The summed E-state index contributed by atoms with van der Waals surface area (Å²) in [6, 6.07) is 5.84. The second kappa shape index (κ2) is 3.59. The molecular formula is C10H7ClOS. The van der Waals surface area contributed by atoms with Gasteiger partial charge in [0.15, 0.2) is 0 Å². The number of fused-ring (bicyclic) bond motifs is 1. The van der Waals surface area contributed by atoms with E-state index in [4.69, 9.17) is 11.6 Å². The van der Waals surface area contributed by atoms with Crippen LogP contribution in [0.25, 0.3) is 0 Å². The first-order chi connectivity index (χ1) is 6.31. The van der Waals surface area contributed by atoms with Crippen molar-refractivity contribution in [3.63, 3.8) is 0 Å². The van der Waals surface area contributed by atoms with E-state index in [2.05, 4.69) is 6.07 Å². The average molecular weight is 211 g/mol. The average Bonchev–Trinajstić information content (AvgIpc) is 2.18. The summed E-state index contributed by atoms with van der Waals surface area (Å²) in [5.41, 5.74) is 1.23. The monoisotopic (exact) mass is 210 g/mol. The summed E-state index contributed by atoms with van der Waals surface area (Å²) < 4.78 is 0. The molecule has 0 amide bonds. The number of halogens is 1. The zero-order chi connectivity index (χ0) is 9.26. The maximum absolute atomic E-state index is 10.5. The molecule has 0 saturated heterocycles. The molecule has 1 aliphatic heterocycles. The van der Waals surface area contributed by atoms with Crippen LogP contribution < -0.4 is 0 Å². The molecule has 3 heteroatoms. The third kappa shape index (κ3) is 1.66. The molecule has 13 heavy (non-hydrogen) atoms. The van der Waals surface area contributed by atoms with Crippen molar-refractivity contribution in [2.45, 2.75) is 17.7 Å². The Bertz CT molecular complexity index is 394. The first-order valence-electron chi connectivity index (χ1n) is 4.00. The van der Waals surface area contributed by atoms with Crippen molar-refractivity contribution in [1.82, 2.24) is 0 Å². The Morgan fingerprint density at radius 1 is 1.38 bits per heavy atom. The maximum atomic E-state index is 10.5. The van der Waals surface area contributed by atoms with E-state index in [9.17, 15) is 4.79 Å². The molecule has 0 bridgehead atoms. The Morgan fingerprint density at radius 3 is 3.00 bits per heavy atom. The Kier molecular flexibility index (Phi) is 2.45. The molecule has 0 saturated carbocycles. The van der Waals surface area contributed by atoms with Crippen LogP contribution in [0.1, 0.15) is 12.0 Å². The fourth-order valence-corrected chi connectivity index (χ4v) is 2.63. The van der Waals surface area contributed by atoms with E-state index in [1.165, 1.54) is 17.3 Å². The van der Waals surface area contributed by atoms with Gasteiger partial charge in [0.2, 0.25) is 0 Å². The predicted molar refractivity (Wildman–Crippen MR) is 54.8 cm³/mol. The van der Waals surface area contributed by atoms with Crippen molar-refractivity contribution < 1.29 is 4.79 Å². The Labute approximate surface area is 85.8 Å². The molecule has 0 unspecified atom stereocenters. The summed E-state index contributed by atoms with van der Waals surface area (Å²) in [4.78, 5) is 12.2. The van der Waals surface area contributed by atoms with Crippen LogP contribution in [0.15, 0.2) is 28.0 Å². The highest BCUT2D eigenvalue weighted by Gasteiger charge is 2.16. The van der Waals surface area contributed by atoms with E-state index in [0.717, 1.165) is 27.7 Å². The highest BCUT2D eigenvalue weighted by Crippen LogP contribution is 2.40. The third-order valence-electron chi connectivity index (χ3n) is 2.01. The lowest BCUT2D eigenvalue weighted by Crippen LogP contribution is -1.97. The number of hydrogen-bond acceptors (Lipinski definition) is 2. The van der Waals surface area contributed by atoms with Crippen LogP contribution in [-0.4, -0.2) is 5.94 Å². The summed E-state index contributed by atoms with van der Waals surface area (Å²) in [5, 5.41) is 0.731. The number of rotatable bonds is 0. The smallest absolute Gasteiger partial charge is 0.135 e. The molecule has 0 N–H and O–H groups in total. The minimum absolute atomic E-state index is 0.731. The van der Waals surface area contributed by atoms with Gasteiger partial charge in [0.1, 0.15) is 5.94 Å². The quantitative estimate of drug-likeness (QED) is 0.613. The van der Waals surface area contributed by atoms with Gasteiger partial charge in [0, 0.05) is 4.90 Å². The summed E-state index contributed by atoms with van der Waals surface area (Å²) in [7, 11) is 0. The number of benzene rings is 1. The minimum Gasteiger partial charge on any atom is -0.233 e. The molecular weight excluding hydrogens is 204 g/mol. The molecule has 0 atom stereocenters. The lowest BCUT2D eigenvalue weighted by atomic mass is 10.1. The lowest BCUT2D eigenvalue weighted by molar-refractivity contribution is 0.567. The van der Waals surface area contributed by atoms with Crippen molar-refractivity contribution in [3.8, 4) is 0 Å². The fraction of sp³-hybridized carbons (Fsp3) is 0.200.